The third-order valence-corrected chi connectivity index (χ3v) is 5.79. The summed E-state index contributed by atoms with van der Waals surface area (Å²) in [5.41, 5.74) is 6.95. The molecule has 12 heteroatoms. The predicted octanol–water partition coefficient (Wildman–Crippen LogP) is 2.12. The molecule has 3 heterocycles. The predicted molar refractivity (Wildman–Crippen MR) is 114 cm³/mol. The fraction of sp³-hybridized carbons (Fsp3) is 0.421. The molecule has 1 aliphatic rings. The largest absolute Gasteiger partial charge is 0.750 e. The monoisotopic (exact) mass is 447 g/mol. The zero-order valence-corrected chi connectivity index (χ0v) is 18.2. The molecule has 2 unspecified atom stereocenters. The summed E-state index contributed by atoms with van der Waals surface area (Å²) in [6.07, 6.45) is -0.536. The summed E-state index contributed by atoms with van der Waals surface area (Å²) < 4.78 is 30.4. The molecule has 3 N–H and O–H groups in total. The van der Waals surface area contributed by atoms with Crippen molar-refractivity contribution in [1.29, 1.82) is 0 Å². The van der Waals surface area contributed by atoms with Crippen molar-refractivity contribution in [3.05, 3.63) is 36.7 Å². The van der Waals surface area contributed by atoms with Gasteiger partial charge in [0.1, 0.15) is 18.9 Å². The number of imidazole rings is 1. The number of rotatable bonds is 7. The van der Waals surface area contributed by atoms with Crippen molar-refractivity contribution in [3.8, 4) is 5.75 Å². The van der Waals surface area contributed by atoms with Gasteiger partial charge in [0.15, 0.2) is 22.7 Å². The lowest BCUT2D eigenvalue weighted by Gasteiger charge is -2.18. The SMILES string of the molecule is C[C@H]1[C@H](O)C(CO[P+](=O)Oc2ccccc2)O[C@H]1n1cnc2c(N(C)C)nc(N)nc21. The minimum absolute atomic E-state index is 0.100. The molecule has 1 saturated heterocycles. The van der Waals surface area contributed by atoms with Crippen molar-refractivity contribution in [2.24, 2.45) is 5.92 Å². The lowest BCUT2D eigenvalue weighted by molar-refractivity contribution is -0.0399. The van der Waals surface area contributed by atoms with Crippen LogP contribution in [0, 0.1) is 5.92 Å². The Hall–Kier alpha value is -2.85. The van der Waals surface area contributed by atoms with Crippen LogP contribution in [0.4, 0.5) is 11.8 Å². The lowest BCUT2D eigenvalue weighted by Crippen LogP contribution is -2.28. The number of nitrogens with two attached hydrogens (primary N) is 1. The van der Waals surface area contributed by atoms with Gasteiger partial charge in [0, 0.05) is 24.6 Å². The number of aromatic nitrogens is 4. The van der Waals surface area contributed by atoms with Gasteiger partial charge in [-0.2, -0.15) is 9.97 Å². The van der Waals surface area contributed by atoms with Crippen LogP contribution in [0.25, 0.3) is 11.2 Å². The van der Waals surface area contributed by atoms with E-state index >= 15 is 0 Å². The molecule has 1 fully saturated rings. The molecule has 164 valence electrons. The number of nitrogens with zero attached hydrogens (tertiary/aromatic N) is 5. The van der Waals surface area contributed by atoms with Crippen LogP contribution in [-0.4, -0.2) is 57.5 Å². The van der Waals surface area contributed by atoms with E-state index in [2.05, 4.69) is 15.0 Å². The minimum Gasteiger partial charge on any atom is -0.390 e. The van der Waals surface area contributed by atoms with E-state index in [0.29, 0.717) is 22.7 Å². The summed E-state index contributed by atoms with van der Waals surface area (Å²) in [5, 5.41) is 10.7. The summed E-state index contributed by atoms with van der Waals surface area (Å²) >= 11 is 0. The molecule has 11 nitrogen and oxygen atoms in total. The smallest absolute Gasteiger partial charge is 0.390 e. The summed E-state index contributed by atoms with van der Waals surface area (Å²) in [6, 6.07) is 8.71. The summed E-state index contributed by atoms with van der Waals surface area (Å²) in [6.45, 7) is 1.75. The van der Waals surface area contributed by atoms with E-state index in [1.54, 1.807) is 40.1 Å². The maximum atomic E-state index is 12.1. The first-order valence-corrected chi connectivity index (χ1v) is 10.8. The van der Waals surface area contributed by atoms with Crippen LogP contribution in [-0.2, 0) is 13.8 Å². The first kappa shape index (κ1) is 21.4. The molecule has 1 aliphatic heterocycles. The van der Waals surface area contributed by atoms with Gasteiger partial charge in [-0.1, -0.05) is 25.1 Å². The Labute approximate surface area is 179 Å². The number of nitrogen functional groups attached to an aromatic ring is 1. The van der Waals surface area contributed by atoms with Crippen LogP contribution in [0.5, 0.6) is 5.75 Å². The molecular weight excluding hydrogens is 423 g/mol. The van der Waals surface area contributed by atoms with Gasteiger partial charge in [0.2, 0.25) is 5.95 Å². The van der Waals surface area contributed by atoms with Gasteiger partial charge in [-0.15, -0.1) is 4.52 Å². The minimum atomic E-state index is -2.41. The van der Waals surface area contributed by atoms with Crippen LogP contribution in [0.3, 0.4) is 0 Å². The van der Waals surface area contributed by atoms with Crippen LogP contribution in [0.15, 0.2) is 36.7 Å². The van der Waals surface area contributed by atoms with Crippen LogP contribution in [0.2, 0.25) is 0 Å². The number of anilines is 2. The Kier molecular flexibility index (Phi) is 6.01. The van der Waals surface area contributed by atoms with Crippen molar-refractivity contribution in [1.82, 2.24) is 19.5 Å². The molecule has 31 heavy (non-hydrogen) atoms. The molecule has 0 spiro atoms. The molecular formula is C19H24N6O5P+. The molecule has 0 amide bonds. The Bertz CT molecular complexity index is 1080. The van der Waals surface area contributed by atoms with Gasteiger partial charge in [-0.3, -0.25) is 4.57 Å². The number of aliphatic hydroxyl groups excluding tert-OH is 1. The quantitative estimate of drug-likeness (QED) is 0.518. The topological polar surface area (TPSA) is 138 Å². The van der Waals surface area contributed by atoms with Crippen molar-refractivity contribution >= 4 is 31.2 Å². The Morgan fingerprint density at radius 3 is 2.74 bits per heavy atom. The van der Waals surface area contributed by atoms with Crippen LogP contribution >= 0.6 is 8.25 Å². The Morgan fingerprint density at radius 1 is 1.29 bits per heavy atom. The van der Waals surface area contributed by atoms with Crippen molar-refractivity contribution in [3.63, 3.8) is 0 Å². The number of hydrogen-bond donors (Lipinski definition) is 2. The highest BCUT2D eigenvalue weighted by molar-refractivity contribution is 7.33. The van der Waals surface area contributed by atoms with Crippen LogP contribution in [0.1, 0.15) is 13.2 Å². The standard InChI is InChI=1S/C19H24N6O5P/c1-11-15(26)13(9-28-31(27)30-12-7-5-4-6-8-12)29-18(11)25-10-21-14-16(24(2)3)22-19(20)23-17(14)25/h4-8,10-11,13,15,18,26H,9H2,1-3H3,(H2,20,22,23)/q+1/t11-,13?,15-,18+/m0/s1. The number of benzene rings is 1. The van der Waals surface area contributed by atoms with Gasteiger partial charge in [-0.25, -0.2) is 9.51 Å². The van der Waals surface area contributed by atoms with E-state index in [4.69, 9.17) is 19.5 Å². The summed E-state index contributed by atoms with van der Waals surface area (Å²) in [5.74, 6) is 0.820. The second kappa shape index (κ2) is 8.72. The highest BCUT2D eigenvalue weighted by atomic mass is 31.1. The van der Waals surface area contributed by atoms with Gasteiger partial charge in [0.25, 0.3) is 0 Å². The third-order valence-electron chi connectivity index (χ3n) is 5.07. The van der Waals surface area contributed by atoms with Gasteiger partial charge < -0.3 is 20.5 Å². The second-order valence-electron chi connectivity index (χ2n) is 7.46. The average molecular weight is 447 g/mol. The fourth-order valence-electron chi connectivity index (χ4n) is 3.49. The number of ether oxygens (including phenoxy) is 1. The van der Waals surface area contributed by atoms with E-state index in [0.717, 1.165) is 0 Å². The van der Waals surface area contributed by atoms with E-state index in [-0.39, 0.29) is 18.5 Å². The van der Waals surface area contributed by atoms with E-state index in [9.17, 15) is 9.67 Å². The molecule has 5 atom stereocenters. The summed E-state index contributed by atoms with van der Waals surface area (Å²) in [4.78, 5) is 14.8. The van der Waals surface area contributed by atoms with Crippen LogP contribution < -0.4 is 15.2 Å². The second-order valence-corrected chi connectivity index (χ2v) is 8.35. The molecule has 0 aliphatic carbocycles. The maximum Gasteiger partial charge on any atom is 0.750 e. The molecule has 0 bridgehead atoms. The zero-order valence-electron chi connectivity index (χ0n) is 17.3. The first-order valence-electron chi connectivity index (χ1n) is 9.69. The van der Waals surface area contributed by atoms with E-state index in [1.807, 2.05) is 27.1 Å². The third kappa shape index (κ3) is 4.31. The summed E-state index contributed by atoms with van der Waals surface area (Å²) in [7, 11) is 1.26. The molecule has 2 aromatic heterocycles. The molecule has 3 aromatic rings. The van der Waals surface area contributed by atoms with E-state index < -0.39 is 26.7 Å². The Morgan fingerprint density at radius 2 is 2.03 bits per heavy atom. The highest BCUT2D eigenvalue weighted by Gasteiger charge is 2.44. The molecule has 4 rings (SSSR count). The molecule has 0 saturated carbocycles. The number of para-hydroxylation sites is 1. The molecule has 0 radical (unpaired) electrons. The van der Waals surface area contributed by atoms with Crippen molar-refractivity contribution < 1.29 is 23.5 Å². The average Bonchev–Trinajstić information content (AvgIpc) is 3.27. The number of aliphatic hydroxyl groups is 1. The first-order chi connectivity index (χ1) is 14.8. The zero-order chi connectivity index (χ0) is 22.1. The van der Waals surface area contributed by atoms with Gasteiger partial charge in [-0.05, 0) is 12.1 Å². The normalized spacial score (nSPS) is 23.8. The molecule has 1 aromatic carbocycles. The van der Waals surface area contributed by atoms with Gasteiger partial charge >= 0.3 is 8.25 Å². The van der Waals surface area contributed by atoms with E-state index in [1.165, 1.54) is 0 Å². The number of hydrogen-bond acceptors (Lipinski definition) is 10. The van der Waals surface area contributed by atoms with Crippen molar-refractivity contribution in [2.75, 3.05) is 31.3 Å². The highest BCUT2D eigenvalue weighted by Crippen LogP contribution is 2.38. The number of fused-ring (bicyclic) bond motifs is 1. The van der Waals surface area contributed by atoms with Crippen molar-refractivity contribution in [2.45, 2.75) is 25.4 Å². The Balaban J connectivity index is 1.48. The lowest BCUT2D eigenvalue weighted by atomic mass is 10.0. The fourth-order valence-corrected chi connectivity index (χ4v) is 4.11. The maximum absolute atomic E-state index is 12.1. The van der Waals surface area contributed by atoms with Gasteiger partial charge in [0.05, 0.1) is 12.4 Å².